The van der Waals surface area contributed by atoms with Gasteiger partial charge < -0.3 is 23.9 Å². The standard InChI is InChI=1S/C28H43NO5/c1-17(2)25-28(7,34-25)26(32-9)20(5)16-19(4)13-11-12-18(3)14-15-22-21(6)23(30)24(31-8)27(29-22)33-10/h11,13-14,16-17,20,25-26H,12,15H2,1-10H3,(H,29,30)/t20-,25-,26-,28+/m1/s1. The lowest BCUT2D eigenvalue weighted by molar-refractivity contribution is 0.0131. The molecule has 1 N–H and O–H groups in total. The van der Waals surface area contributed by atoms with Gasteiger partial charge in [0, 0.05) is 30.7 Å². The molecule has 190 valence electrons. The van der Waals surface area contributed by atoms with Gasteiger partial charge in [0.25, 0.3) is 0 Å². The summed E-state index contributed by atoms with van der Waals surface area (Å²) in [5.74, 6) is 1.29. The van der Waals surface area contributed by atoms with Gasteiger partial charge in [0.2, 0.25) is 17.1 Å². The van der Waals surface area contributed by atoms with Crippen LogP contribution in [0, 0.1) is 18.8 Å². The predicted octanol–water partition coefficient (Wildman–Crippen LogP) is 5.55. The summed E-state index contributed by atoms with van der Waals surface area (Å²) in [4.78, 5) is 15.7. The second-order valence-electron chi connectivity index (χ2n) is 9.88. The molecule has 1 aliphatic heterocycles. The van der Waals surface area contributed by atoms with Crippen molar-refractivity contribution in [3.63, 3.8) is 0 Å². The molecule has 6 nitrogen and oxygen atoms in total. The molecule has 1 aromatic rings. The molecule has 4 atom stereocenters. The second-order valence-corrected chi connectivity index (χ2v) is 9.88. The molecule has 6 heteroatoms. The van der Waals surface area contributed by atoms with Crippen molar-refractivity contribution in [3.8, 4) is 11.6 Å². The second kappa shape index (κ2) is 11.9. The van der Waals surface area contributed by atoms with E-state index in [-0.39, 0.29) is 34.9 Å². The molecule has 0 amide bonds. The molecule has 0 aromatic carbocycles. The Kier molecular flexibility index (Phi) is 9.77. The smallest absolute Gasteiger partial charge is 0.238 e. The zero-order chi connectivity index (χ0) is 25.6. The molecule has 34 heavy (non-hydrogen) atoms. The van der Waals surface area contributed by atoms with E-state index in [2.05, 4.69) is 70.8 Å². The number of aromatic amines is 1. The molecule has 2 rings (SSSR count). The first-order valence-electron chi connectivity index (χ1n) is 12.0. The van der Waals surface area contributed by atoms with Crippen LogP contribution in [0.2, 0.25) is 0 Å². The molecule has 2 heterocycles. The van der Waals surface area contributed by atoms with E-state index in [4.69, 9.17) is 18.9 Å². The van der Waals surface area contributed by atoms with E-state index in [1.807, 2.05) is 0 Å². The predicted molar refractivity (Wildman–Crippen MR) is 138 cm³/mol. The van der Waals surface area contributed by atoms with Crippen molar-refractivity contribution < 1.29 is 18.9 Å². The quantitative estimate of drug-likeness (QED) is 0.245. The van der Waals surface area contributed by atoms with Crippen molar-refractivity contribution in [2.45, 2.75) is 79.1 Å². The number of nitrogens with one attached hydrogen (secondary N) is 1. The first-order chi connectivity index (χ1) is 16.0. The van der Waals surface area contributed by atoms with Crippen LogP contribution >= 0.6 is 0 Å². The van der Waals surface area contributed by atoms with Gasteiger partial charge in [-0.1, -0.05) is 56.2 Å². The van der Waals surface area contributed by atoms with Crippen molar-refractivity contribution in [2.75, 3.05) is 21.3 Å². The molecule has 0 bridgehead atoms. The van der Waals surface area contributed by atoms with Crippen LogP contribution in [0.4, 0.5) is 0 Å². The minimum atomic E-state index is -0.217. The average molecular weight is 474 g/mol. The zero-order valence-corrected chi connectivity index (χ0v) is 22.6. The summed E-state index contributed by atoms with van der Waals surface area (Å²) in [6.07, 6.45) is 10.4. The summed E-state index contributed by atoms with van der Waals surface area (Å²) in [6, 6.07) is 0. The van der Waals surface area contributed by atoms with Crippen LogP contribution in [0.25, 0.3) is 0 Å². The van der Waals surface area contributed by atoms with Gasteiger partial charge in [-0.25, -0.2) is 0 Å². The Balaban J connectivity index is 2.00. The van der Waals surface area contributed by atoms with Gasteiger partial charge >= 0.3 is 0 Å². The van der Waals surface area contributed by atoms with E-state index in [1.54, 1.807) is 14.0 Å². The fourth-order valence-corrected chi connectivity index (χ4v) is 4.82. The zero-order valence-electron chi connectivity index (χ0n) is 22.6. The third-order valence-corrected chi connectivity index (χ3v) is 6.67. The summed E-state index contributed by atoms with van der Waals surface area (Å²) in [6.45, 7) is 14.7. The largest absolute Gasteiger partial charge is 0.488 e. The summed E-state index contributed by atoms with van der Waals surface area (Å²) in [5, 5.41) is 0. The lowest BCUT2D eigenvalue weighted by atomic mass is 9.86. The van der Waals surface area contributed by atoms with Crippen LogP contribution in [0.5, 0.6) is 11.6 Å². The number of hydrogen-bond acceptors (Lipinski definition) is 5. The highest BCUT2D eigenvalue weighted by atomic mass is 16.6. The van der Waals surface area contributed by atoms with Crippen molar-refractivity contribution in [2.24, 2.45) is 11.8 Å². The van der Waals surface area contributed by atoms with Gasteiger partial charge in [-0.2, -0.15) is 0 Å². The maximum Gasteiger partial charge on any atom is 0.238 e. The number of allylic oxidation sites excluding steroid dienone is 5. The molecule has 1 saturated heterocycles. The first kappa shape index (κ1) is 27.9. The minimum absolute atomic E-state index is 0.0248. The highest BCUT2D eigenvalue weighted by Crippen LogP contribution is 2.47. The summed E-state index contributed by atoms with van der Waals surface area (Å²) >= 11 is 0. The Hall–Kier alpha value is -2.31. The Labute approximate surface area is 205 Å². The van der Waals surface area contributed by atoms with Crippen LogP contribution in [0.15, 0.2) is 40.2 Å². The van der Waals surface area contributed by atoms with Crippen LogP contribution in [-0.2, 0) is 15.9 Å². The summed E-state index contributed by atoms with van der Waals surface area (Å²) in [5.41, 5.74) is 3.54. The van der Waals surface area contributed by atoms with Crippen molar-refractivity contribution >= 4 is 0 Å². The highest BCUT2D eigenvalue weighted by Gasteiger charge is 2.60. The van der Waals surface area contributed by atoms with E-state index < -0.39 is 0 Å². The Morgan fingerprint density at radius 2 is 1.85 bits per heavy atom. The van der Waals surface area contributed by atoms with E-state index in [0.717, 1.165) is 12.1 Å². The van der Waals surface area contributed by atoms with Crippen molar-refractivity contribution in [3.05, 3.63) is 56.9 Å². The normalized spacial score (nSPS) is 22.9. The third-order valence-electron chi connectivity index (χ3n) is 6.67. The lowest BCUT2D eigenvalue weighted by Crippen LogP contribution is -2.37. The average Bonchev–Trinajstić information content (AvgIpc) is 3.47. The van der Waals surface area contributed by atoms with Gasteiger partial charge in [0.05, 0.1) is 26.4 Å². The lowest BCUT2D eigenvalue weighted by Gasteiger charge is -2.25. The Morgan fingerprint density at radius 3 is 2.38 bits per heavy atom. The topological polar surface area (TPSA) is 73.1 Å². The number of epoxide rings is 1. The third kappa shape index (κ3) is 6.42. The van der Waals surface area contributed by atoms with Crippen LogP contribution in [0.3, 0.4) is 0 Å². The van der Waals surface area contributed by atoms with Gasteiger partial charge in [-0.05, 0) is 40.0 Å². The van der Waals surface area contributed by atoms with Gasteiger partial charge in [0.1, 0.15) is 5.60 Å². The van der Waals surface area contributed by atoms with Gasteiger partial charge in [-0.3, -0.25) is 4.79 Å². The van der Waals surface area contributed by atoms with Gasteiger partial charge in [-0.15, -0.1) is 0 Å². The molecular weight excluding hydrogens is 430 g/mol. The number of aromatic nitrogens is 1. The number of methoxy groups -OCH3 is 3. The van der Waals surface area contributed by atoms with E-state index >= 15 is 0 Å². The molecule has 1 fully saturated rings. The SMILES string of the molecule is COc1[nH]c(CC=C(C)CC=CC(C)=C[C@@H](C)[C@@H](OC)[C@@]2(C)O[C@@H]2C(C)C)c(C)c(=O)c1OC. The maximum atomic E-state index is 12.5. The maximum absolute atomic E-state index is 12.5. The van der Waals surface area contributed by atoms with Crippen molar-refractivity contribution in [1.29, 1.82) is 0 Å². The molecule has 0 spiro atoms. The number of rotatable bonds is 12. The highest BCUT2D eigenvalue weighted by molar-refractivity contribution is 5.40. The molecule has 0 saturated carbocycles. The molecule has 1 aliphatic rings. The molecular formula is C28H43NO5. The van der Waals surface area contributed by atoms with E-state index in [0.29, 0.717) is 23.8 Å². The van der Waals surface area contributed by atoms with Crippen LogP contribution in [0.1, 0.15) is 59.2 Å². The Morgan fingerprint density at radius 1 is 1.18 bits per heavy atom. The van der Waals surface area contributed by atoms with Crippen LogP contribution in [-0.4, -0.2) is 44.1 Å². The monoisotopic (exact) mass is 473 g/mol. The minimum Gasteiger partial charge on any atom is -0.488 e. The number of H-pyrrole nitrogens is 1. The van der Waals surface area contributed by atoms with Crippen molar-refractivity contribution in [1.82, 2.24) is 4.98 Å². The fraction of sp³-hybridized carbons (Fsp3) is 0.607. The molecule has 0 radical (unpaired) electrons. The number of hydrogen-bond donors (Lipinski definition) is 1. The fourth-order valence-electron chi connectivity index (χ4n) is 4.82. The van der Waals surface area contributed by atoms with Crippen LogP contribution < -0.4 is 14.9 Å². The first-order valence-corrected chi connectivity index (χ1v) is 12.0. The van der Waals surface area contributed by atoms with Gasteiger partial charge in [0.15, 0.2) is 0 Å². The Bertz CT molecular complexity index is 987. The van der Waals surface area contributed by atoms with E-state index in [9.17, 15) is 4.79 Å². The molecule has 1 aromatic heterocycles. The molecule has 0 unspecified atom stereocenters. The number of ether oxygens (including phenoxy) is 4. The summed E-state index contributed by atoms with van der Waals surface area (Å²) < 4.78 is 22.3. The number of pyridine rings is 1. The van der Waals surface area contributed by atoms with E-state index in [1.165, 1.54) is 25.4 Å². The summed E-state index contributed by atoms with van der Waals surface area (Å²) in [7, 11) is 4.76. The molecule has 0 aliphatic carbocycles.